The van der Waals surface area contributed by atoms with E-state index in [1.165, 1.54) is 50.2 Å². The third kappa shape index (κ3) is 4.28. The Morgan fingerprint density at radius 2 is 1.71 bits per heavy atom. The molecule has 0 saturated heterocycles. The van der Waals surface area contributed by atoms with Gasteiger partial charge in [0.05, 0.1) is 11.3 Å². The van der Waals surface area contributed by atoms with Crippen LogP contribution in [0.3, 0.4) is 0 Å². The number of rotatable bonds is 4. The molecule has 0 spiro atoms. The lowest BCUT2D eigenvalue weighted by molar-refractivity contribution is 0.102. The zero-order chi connectivity index (χ0) is 16.8. The molecule has 0 bridgehead atoms. The fourth-order valence-corrected chi connectivity index (χ4v) is 2.88. The highest BCUT2D eigenvalue weighted by Crippen LogP contribution is 2.20. The summed E-state index contributed by atoms with van der Waals surface area (Å²) in [5.74, 6) is -0.371. The predicted octanol–water partition coefficient (Wildman–Crippen LogP) is 4.00. The molecular formula is C18H21FN4O. The number of benzene rings is 1. The van der Waals surface area contributed by atoms with E-state index in [2.05, 4.69) is 20.6 Å². The third-order valence-corrected chi connectivity index (χ3v) is 4.22. The second kappa shape index (κ2) is 7.86. The number of halogens is 1. The van der Waals surface area contributed by atoms with Crippen LogP contribution in [0.1, 0.15) is 48.9 Å². The van der Waals surface area contributed by atoms with Crippen LogP contribution in [0.25, 0.3) is 0 Å². The molecule has 0 aliphatic heterocycles. The Morgan fingerprint density at radius 1 is 1.04 bits per heavy atom. The minimum absolute atomic E-state index is 0.142. The Bertz CT molecular complexity index is 682. The van der Waals surface area contributed by atoms with E-state index in [9.17, 15) is 9.18 Å². The van der Waals surface area contributed by atoms with Crippen molar-refractivity contribution in [2.45, 2.75) is 44.6 Å². The van der Waals surface area contributed by atoms with E-state index >= 15 is 0 Å². The average molecular weight is 328 g/mol. The van der Waals surface area contributed by atoms with E-state index in [1.807, 2.05) is 0 Å². The fourth-order valence-electron chi connectivity index (χ4n) is 2.88. The largest absolute Gasteiger partial charge is 0.351 e. The van der Waals surface area contributed by atoms with Gasteiger partial charge in [0, 0.05) is 18.4 Å². The Hall–Kier alpha value is -2.50. The molecular weight excluding hydrogens is 307 g/mol. The first-order chi connectivity index (χ1) is 11.7. The van der Waals surface area contributed by atoms with Crippen LogP contribution in [0.2, 0.25) is 0 Å². The van der Waals surface area contributed by atoms with Crippen LogP contribution in [0, 0.1) is 5.82 Å². The van der Waals surface area contributed by atoms with Crippen molar-refractivity contribution in [2.24, 2.45) is 0 Å². The Labute approximate surface area is 140 Å². The molecule has 1 aliphatic carbocycles. The number of carbonyl (C=O) groups is 1. The summed E-state index contributed by atoms with van der Waals surface area (Å²) in [5, 5.41) is 5.85. The Kier molecular flexibility index (Phi) is 5.36. The summed E-state index contributed by atoms with van der Waals surface area (Å²) in [6, 6.07) is 6.43. The number of amides is 1. The molecule has 0 radical (unpaired) electrons. The summed E-state index contributed by atoms with van der Waals surface area (Å²) in [4.78, 5) is 20.6. The minimum Gasteiger partial charge on any atom is -0.351 e. The first-order valence-corrected chi connectivity index (χ1v) is 8.37. The maximum absolute atomic E-state index is 13.6. The quantitative estimate of drug-likeness (QED) is 0.833. The monoisotopic (exact) mass is 328 g/mol. The molecule has 1 aromatic carbocycles. The molecule has 1 saturated carbocycles. The van der Waals surface area contributed by atoms with E-state index in [4.69, 9.17) is 0 Å². The highest BCUT2D eigenvalue weighted by Gasteiger charge is 2.14. The number of hydrogen-bond acceptors (Lipinski definition) is 4. The molecule has 1 aromatic heterocycles. The van der Waals surface area contributed by atoms with Crippen LogP contribution >= 0.6 is 0 Å². The molecule has 126 valence electrons. The summed E-state index contributed by atoms with van der Waals surface area (Å²) in [7, 11) is 0. The molecule has 0 unspecified atom stereocenters. The van der Waals surface area contributed by atoms with Gasteiger partial charge in [-0.3, -0.25) is 4.79 Å². The molecule has 5 nitrogen and oxygen atoms in total. The zero-order valence-electron chi connectivity index (χ0n) is 13.5. The second-order valence-corrected chi connectivity index (χ2v) is 6.06. The molecule has 6 heteroatoms. The van der Waals surface area contributed by atoms with Crippen molar-refractivity contribution in [3.8, 4) is 0 Å². The number of carbonyl (C=O) groups excluding carboxylic acids is 1. The van der Waals surface area contributed by atoms with Gasteiger partial charge in [0.1, 0.15) is 5.82 Å². The van der Waals surface area contributed by atoms with Crippen molar-refractivity contribution in [1.29, 1.82) is 0 Å². The summed E-state index contributed by atoms with van der Waals surface area (Å²) in [6.07, 6.45) is 10.2. The standard InChI is InChI=1S/C18H21FN4O/c19-15-9-5-6-10-16(15)23-17(24)13-11-20-18(21-12-13)22-14-7-3-1-2-4-8-14/h5-6,9-12,14H,1-4,7-8H2,(H,23,24)(H,20,21,22). The highest BCUT2D eigenvalue weighted by molar-refractivity contribution is 6.03. The molecule has 24 heavy (non-hydrogen) atoms. The van der Waals surface area contributed by atoms with E-state index in [-0.39, 0.29) is 5.69 Å². The van der Waals surface area contributed by atoms with Gasteiger partial charge in [-0.1, -0.05) is 37.8 Å². The number of para-hydroxylation sites is 1. The van der Waals surface area contributed by atoms with Crippen molar-refractivity contribution in [3.63, 3.8) is 0 Å². The summed E-state index contributed by atoms with van der Waals surface area (Å²) in [5.41, 5.74) is 0.438. The molecule has 1 heterocycles. The number of anilines is 2. The summed E-state index contributed by atoms with van der Waals surface area (Å²) >= 11 is 0. The number of aromatic nitrogens is 2. The van der Waals surface area contributed by atoms with Crippen LogP contribution in [-0.2, 0) is 0 Å². The van der Waals surface area contributed by atoms with Gasteiger partial charge in [-0.25, -0.2) is 14.4 Å². The number of hydrogen-bond donors (Lipinski definition) is 2. The van der Waals surface area contributed by atoms with Crippen molar-refractivity contribution in [1.82, 2.24) is 9.97 Å². The molecule has 2 aromatic rings. The lowest BCUT2D eigenvalue weighted by Crippen LogP contribution is -2.20. The second-order valence-electron chi connectivity index (χ2n) is 6.06. The van der Waals surface area contributed by atoms with Gasteiger partial charge >= 0.3 is 0 Å². The van der Waals surface area contributed by atoms with E-state index in [1.54, 1.807) is 12.1 Å². The predicted molar refractivity (Wildman–Crippen MR) is 91.5 cm³/mol. The van der Waals surface area contributed by atoms with Gasteiger partial charge in [0.15, 0.2) is 0 Å². The molecule has 3 rings (SSSR count). The van der Waals surface area contributed by atoms with Crippen LogP contribution in [0.15, 0.2) is 36.7 Å². The van der Waals surface area contributed by atoms with Crippen LogP contribution in [0.5, 0.6) is 0 Å². The highest BCUT2D eigenvalue weighted by atomic mass is 19.1. The van der Waals surface area contributed by atoms with Crippen molar-refractivity contribution in [3.05, 3.63) is 48.0 Å². The maximum atomic E-state index is 13.6. The van der Waals surface area contributed by atoms with Gasteiger partial charge in [-0.15, -0.1) is 0 Å². The zero-order valence-corrected chi connectivity index (χ0v) is 13.5. The lowest BCUT2D eigenvalue weighted by atomic mass is 10.1. The Morgan fingerprint density at radius 3 is 2.38 bits per heavy atom. The normalized spacial score (nSPS) is 15.5. The van der Waals surface area contributed by atoms with Gasteiger partial charge < -0.3 is 10.6 Å². The van der Waals surface area contributed by atoms with Crippen molar-refractivity contribution in [2.75, 3.05) is 10.6 Å². The molecule has 0 atom stereocenters. The van der Waals surface area contributed by atoms with E-state index < -0.39 is 11.7 Å². The smallest absolute Gasteiger partial charge is 0.258 e. The number of nitrogens with one attached hydrogen (secondary N) is 2. The molecule has 1 fully saturated rings. The van der Waals surface area contributed by atoms with Gasteiger partial charge in [0.25, 0.3) is 5.91 Å². The summed E-state index contributed by atoms with van der Waals surface area (Å²) in [6.45, 7) is 0. The molecule has 1 aliphatic rings. The number of nitrogens with zero attached hydrogens (tertiary/aromatic N) is 2. The first-order valence-electron chi connectivity index (χ1n) is 8.37. The fraction of sp³-hybridized carbons (Fsp3) is 0.389. The van der Waals surface area contributed by atoms with Crippen LogP contribution < -0.4 is 10.6 Å². The average Bonchev–Trinajstić information content (AvgIpc) is 2.86. The summed E-state index contributed by atoms with van der Waals surface area (Å²) < 4.78 is 13.6. The van der Waals surface area contributed by atoms with Gasteiger partial charge in [-0.2, -0.15) is 0 Å². The van der Waals surface area contributed by atoms with Gasteiger partial charge in [-0.05, 0) is 25.0 Å². The SMILES string of the molecule is O=C(Nc1ccccc1F)c1cnc(NC2CCCCCC2)nc1. The first kappa shape index (κ1) is 16.4. The molecule has 1 amide bonds. The van der Waals surface area contributed by atoms with E-state index in [0.29, 0.717) is 17.6 Å². The topological polar surface area (TPSA) is 66.9 Å². The lowest BCUT2D eigenvalue weighted by Gasteiger charge is -2.15. The van der Waals surface area contributed by atoms with Crippen molar-refractivity contribution >= 4 is 17.5 Å². The Balaban J connectivity index is 1.61. The van der Waals surface area contributed by atoms with Crippen LogP contribution in [-0.4, -0.2) is 21.9 Å². The van der Waals surface area contributed by atoms with Crippen LogP contribution in [0.4, 0.5) is 16.0 Å². The maximum Gasteiger partial charge on any atom is 0.258 e. The van der Waals surface area contributed by atoms with Gasteiger partial charge in [0.2, 0.25) is 5.95 Å². The van der Waals surface area contributed by atoms with E-state index in [0.717, 1.165) is 12.8 Å². The third-order valence-electron chi connectivity index (χ3n) is 4.22. The molecule has 2 N–H and O–H groups in total. The van der Waals surface area contributed by atoms with Crippen molar-refractivity contribution < 1.29 is 9.18 Å². The minimum atomic E-state index is -0.474.